The molecule has 0 unspecified atom stereocenters. The lowest BCUT2D eigenvalue weighted by molar-refractivity contribution is -0.132. The van der Waals surface area contributed by atoms with Gasteiger partial charge in [0.1, 0.15) is 17.4 Å². The maximum atomic E-state index is 13.3. The molecule has 0 aliphatic heterocycles. The third-order valence-electron chi connectivity index (χ3n) is 6.77. The van der Waals surface area contributed by atoms with Gasteiger partial charge >= 0.3 is 0 Å². The number of rotatable bonds is 13. The summed E-state index contributed by atoms with van der Waals surface area (Å²) in [4.78, 5) is 50.9. The van der Waals surface area contributed by atoms with Crippen molar-refractivity contribution in [3.63, 3.8) is 0 Å². The van der Waals surface area contributed by atoms with Crippen LogP contribution in [0.25, 0.3) is 10.9 Å². The van der Waals surface area contributed by atoms with Crippen LogP contribution in [0, 0.1) is 0 Å². The molecule has 2 aromatic heterocycles. The Hall–Kier alpha value is -5.43. The summed E-state index contributed by atoms with van der Waals surface area (Å²) in [6, 6.07) is 13.5. The van der Waals surface area contributed by atoms with E-state index in [1.807, 2.05) is 50.2 Å². The molecule has 13 nitrogen and oxygen atoms in total. The Bertz CT molecular complexity index is 1690. The maximum Gasteiger partial charge on any atom is 0.260 e. The van der Waals surface area contributed by atoms with Gasteiger partial charge in [0.05, 0.1) is 11.7 Å². The number of likely N-dealkylation sites (N-methyl/N-ethyl adjacent to an activating group) is 2. The highest BCUT2D eigenvalue weighted by molar-refractivity contribution is 6.08. The molecule has 4 rings (SSSR count). The molecule has 0 radical (unpaired) electrons. The molecule has 0 bridgehead atoms. The SMILES string of the molecule is CCCNc1nc(Nc2ccc3nnccc3c2)ncc1C(=O)Nc1cccc(NC(=O)[C@H](C)N(C)C(=O)C=CCN(C)C)c1. The van der Waals surface area contributed by atoms with Gasteiger partial charge in [-0.3, -0.25) is 14.4 Å². The zero-order valence-corrected chi connectivity index (χ0v) is 26.0. The lowest BCUT2D eigenvalue weighted by Gasteiger charge is -2.23. The van der Waals surface area contributed by atoms with Crippen LogP contribution < -0.4 is 21.3 Å². The van der Waals surface area contributed by atoms with Crippen LogP contribution in [0.4, 0.5) is 28.8 Å². The highest BCUT2D eigenvalue weighted by atomic mass is 16.2. The van der Waals surface area contributed by atoms with E-state index in [-0.39, 0.29) is 17.4 Å². The Balaban J connectivity index is 1.43. The molecule has 2 heterocycles. The van der Waals surface area contributed by atoms with Gasteiger partial charge in [-0.15, -0.1) is 0 Å². The summed E-state index contributed by atoms with van der Waals surface area (Å²) in [7, 11) is 5.38. The Labute approximate surface area is 262 Å². The fourth-order valence-electron chi connectivity index (χ4n) is 4.15. The fraction of sp³-hybridized carbons (Fsp3) is 0.281. The van der Waals surface area contributed by atoms with Crippen LogP contribution in [0.2, 0.25) is 0 Å². The number of hydrogen-bond acceptors (Lipinski definition) is 10. The van der Waals surface area contributed by atoms with E-state index in [1.165, 1.54) is 17.2 Å². The van der Waals surface area contributed by atoms with Crippen LogP contribution in [0.15, 0.2) is 73.1 Å². The van der Waals surface area contributed by atoms with Crippen LogP contribution in [-0.2, 0) is 9.59 Å². The minimum absolute atomic E-state index is 0.258. The molecule has 4 aromatic rings. The van der Waals surface area contributed by atoms with Gasteiger partial charge < -0.3 is 31.1 Å². The lowest BCUT2D eigenvalue weighted by Crippen LogP contribution is -2.42. The van der Waals surface area contributed by atoms with Gasteiger partial charge in [-0.2, -0.15) is 15.2 Å². The molecule has 4 N–H and O–H groups in total. The number of aromatic nitrogens is 4. The van der Waals surface area contributed by atoms with Crippen molar-refractivity contribution in [2.24, 2.45) is 0 Å². The van der Waals surface area contributed by atoms with Crippen molar-refractivity contribution < 1.29 is 14.4 Å². The van der Waals surface area contributed by atoms with E-state index < -0.39 is 11.9 Å². The quantitative estimate of drug-likeness (QED) is 0.162. The number of carbonyl (C=O) groups is 3. The Morgan fingerprint density at radius 3 is 2.51 bits per heavy atom. The van der Waals surface area contributed by atoms with Gasteiger partial charge in [-0.1, -0.05) is 19.1 Å². The van der Waals surface area contributed by atoms with Crippen molar-refractivity contribution in [2.45, 2.75) is 26.3 Å². The second-order valence-electron chi connectivity index (χ2n) is 10.6. The van der Waals surface area contributed by atoms with Crippen molar-refractivity contribution in [1.82, 2.24) is 30.0 Å². The number of benzene rings is 2. The summed E-state index contributed by atoms with van der Waals surface area (Å²) >= 11 is 0. The van der Waals surface area contributed by atoms with Crippen LogP contribution in [0.1, 0.15) is 30.6 Å². The Morgan fingerprint density at radius 1 is 0.978 bits per heavy atom. The van der Waals surface area contributed by atoms with Crippen LogP contribution in [0.5, 0.6) is 0 Å². The highest BCUT2D eigenvalue weighted by Crippen LogP contribution is 2.23. The predicted octanol–water partition coefficient (Wildman–Crippen LogP) is 4.14. The number of hydrogen-bond donors (Lipinski definition) is 4. The number of anilines is 5. The maximum absolute atomic E-state index is 13.3. The molecule has 2 aromatic carbocycles. The summed E-state index contributed by atoms with van der Waals surface area (Å²) < 4.78 is 0. The molecule has 0 saturated heterocycles. The third-order valence-corrected chi connectivity index (χ3v) is 6.77. The van der Waals surface area contributed by atoms with E-state index in [4.69, 9.17) is 0 Å². The highest BCUT2D eigenvalue weighted by Gasteiger charge is 2.21. The molecule has 0 aliphatic carbocycles. The van der Waals surface area contributed by atoms with Gasteiger partial charge in [0.15, 0.2) is 0 Å². The zero-order chi connectivity index (χ0) is 32.3. The van der Waals surface area contributed by atoms with Crippen molar-refractivity contribution >= 4 is 57.5 Å². The standard InChI is InChI=1S/C32H38N10O3/c1-6-15-33-29-26(20-34-32(39-29)38-25-12-13-27-22(18-25)14-16-35-40-27)31(45)37-24-10-7-9-23(19-24)36-30(44)21(2)42(5)28(43)11-8-17-41(3)4/h7-14,16,18-21H,6,15,17H2,1-5H3,(H,36,44)(H,37,45)(H2,33,34,38,39)/t21-/m0/s1. The summed E-state index contributed by atoms with van der Waals surface area (Å²) in [6.45, 7) is 4.88. The third kappa shape index (κ3) is 9.03. The van der Waals surface area contributed by atoms with E-state index in [2.05, 4.69) is 41.4 Å². The first-order valence-corrected chi connectivity index (χ1v) is 14.5. The average molecular weight is 611 g/mol. The van der Waals surface area contributed by atoms with Gasteiger partial charge in [0.25, 0.3) is 5.91 Å². The second-order valence-corrected chi connectivity index (χ2v) is 10.6. The first-order valence-electron chi connectivity index (χ1n) is 14.5. The van der Waals surface area contributed by atoms with Gasteiger partial charge in [0.2, 0.25) is 17.8 Å². The van der Waals surface area contributed by atoms with E-state index >= 15 is 0 Å². The number of nitrogens with zero attached hydrogens (tertiary/aromatic N) is 6. The summed E-state index contributed by atoms with van der Waals surface area (Å²) in [5, 5.41) is 21.0. The molecule has 234 valence electrons. The van der Waals surface area contributed by atoms with Gasteiger partial charge in [-0.25, -0.2) is 4.98 Å². The van der Waals surface area contributed by atoms with Crippen LogP contribution in [-0.4, -0.2) is 88.0 Å². The number of fused-ring (bicyclic) bond motifs is 1. The summed E-state index contributed by atoms with van der Waals surface area (Å²) in [5.41, 5.74) is 2.72. The topological polar surface area (TPSA) is 157 Å². The van der Waals surface area contributed by atoms with E-state index in [0.29, 0.717) is 36.2 Å². The molecule has 0 saturated carbocycles. The smallest absolute Gasteiger partial charge is 0.260 e. The molecular weight excluding hydrogens is 572 g/mol. The molecule has 0 aliphatic rings. The molecule has 13 heteroatoms. The molecule has 1 atom stereocenters. The minimum Gasteiger partial charge on any atom is -0.369 e. The van der Waals surface area contributed by atoms with Crippen LogP contribution in [0.3, 0.4) is 0 Å². The fourth-order valence-corrected chi connectivity index (χ4v) is 4.15. The number of carbonyl (C=O) groups excluding carboxylic acids is 3. The first kappa shape index (κ1) is 32.5. The monoisotopic (exact) mass is 610 g/mol. The second kappa shape index (κ2) is 15.3. The van der Waals surface area contributed by atoms with E-state index in [1.54, 1.807) is 50.5 Å². The van der Waals surface area contributed by atoms with Gasteiger partial charge in [0, 0.05) is 54.9 Å². The molecule has 45 heavy (non-hydrogen) atoms. The van der Waals surface area contributed by atoms with Crippen molar-refractivity contribution in [3.8, 4) is 0 Å². The van der Waals surface area contributed by atoms with Crippen LogP contribution >= 0.6 is 0 Å². The van der Waals surface area contributed by atoms with Crippen molar-refractivity contribution in [1.29, 1.82) is 0 Å². The average Bonchev–Trinajstić information content (AvgIpc) is 3.03. The summed E-state index contributed by atoms with van der Waals surface area (Å²) in [5.74, 6) is -0.358. The number of nitrogens with one attached hydrogen (secondary N) is 4. The summed E-state index contributed by atoms with van der Waals surface area (Å²) in [6.07, 6.45) is 7.11. The minimum atomic E-state index is -0.723. The Kier molecular flexibility index (Phi) is 11.1. The Morgan fingerprint density at radius 2 is 1.76 bits per heavy atom. The first-order chi connectivity index (χ1) is 21.6. The molecule has 0 spiro atoms. The van der Waals surface area contributed by atoms with Gasteiger partial charge in [-0.05, 0) is 69.9 Å². The lowest BCUT2D eigenvalue weighted by atomic mass is 10.2. The largest absolute Gasteiger partial charge is 0.369 e. The number of amides is 3. The van der Waals surface area contributed by atoms with Crippen molar-refractivity contribution in [3.05, 3.63) is 78.6 Å². The van der Waals surface area contributed by atoms with Crippen molar-refractivity contribution in [2.75, 3.05) is 55.5 Å². The normalized spacial score (nSPS) is 11.8. The molecule has 3 amide bonds. The molecular formula is C32H38N10O3. The van der Waals surface area contributed by atoms with E-state index in [9.17, 15) is 14.4 Å². The molecule has 0 fully saturated rings. The zero-order valence-electron chi connectivity index (χ0n) is 26.0. The van der Waals surface area contributed by atoms with E-state index in [0.717, 1.165) is 23.0 Å². The predicted molar refractivity (Wildman–Crippen MR) is 177 cm³/mol.